The van der Waals surface area contributed by atoms with Gasteiger partial charge in [-0.15, -0.1) is 11.8 Å². The maximum Gasteiger partial charge on any atom is 0.184 e. The van der Waals surface area contributed by atoms with Gasteiger partial charge in [-0.1, -0.05) is 6.07 Å². The lowest BCUT2D eigenvalue weighted by Crippen LogP contribution is -2.23. The SMILES string of the molecule is COc1ccc(/C=N/NC(N)=S)cc1CSc1ccccn1. The molecule has 22 heavy (non-hydrogen) atoms. The number of hydrogen-bond acceptors (Lipinski definition) is 5. The molecule has 0 radical (unpaired) electrons. The second kappa shape index (κ2) is 8.35. The van der Waals surface area contributed by atoms with E-state index in [9.17, 15) is 0 Å². The number of thioether (sulfide) groups is 1. The predicted octanol–water partition coefficient (Wildman–Crippen LogP) is 2.55. The summed E-state index contributed by atoms with van der Waals surface area (Å²) in [5.41, 5.74) is 9.85. The van der Waals surface area contributed by atoms with Crippen molar-refractivity contribution in [1.82, 2.24) is 10.4 Å². The number of benzene rings is 1. The normalized spacial score (nSPS) is 10.6. The van der Waals surface area contributed by atoms with Crippen LogP contribution in [0.25, 0.3) is 0 Å². The van der Waals surface area contributed by atoms with Crippen LogP contribution in [0.2, 0.25) is 0 Å². The first-order valence-electron chi connectivity index (χ1n) is 6.48. The van der Waals surface area contributed by atoms with E-state index in [1.54, 1.807) is 31.3 Å². The molecule has 1 aromatic carbocycles. The molecule has 0 unspecified atom stereocenters. The second-order valence-corrected chi connectivity index (χ2v) is 5.70. The van der Waals surface area contributed by atoms with Crippen LogP contribution in [0.4, 0.5) is 0 Å². The average Bonchev–Trinajstić information content (AvgIpc) is 2.54. The largest absolute Gasteiger partial charge is 0.496 e. The Morgan fingerprint density at radius 2 is 2.32 bits per heavy atom. The fraction of sp³-hybridized carbons (Fsp3) is 0.133. The zero-order chi connectivity index (χ0) is 15.8. The number of nitrogens with zero attached hydrogens (tertiary/aromatic N) is 2. The lowest BCUT2D eigenvalue weighted by atomic mass is 10.1. The van der Waals surface area contributed by atoms with E-state index >= 15 is 0 Å². The smallest absolute Gasteiger partial charge is 0.184 e. The fourth-order valence-corrected chi connectivity index (χ4v) is 2.64. The monoisotopic (exact) mass is 332 g/mol. The summed E-state index contributed by atoms with van der Waals surface area (Å²) in [5, 5.41) is 5.06. The van der Waals surface area contributed by atoms with E-state index in [0.29, 0.717) is 0 Å². The van der Waals surface area contributed by atoms with Crippen LogP contribution in [0.3, 0.4) is 0 Å². The van der Waals surface area contributed by atoms with Crippen LogP contribution in [0.1, 0.15) is 11.1 Å². The maximum atomic E-state index is 5.40. The summed E-state index contributed by atoms with van der Waals surface area (Å²) in [6.07, 6.45) is 3.44. The highest BCUT2D eigenvalue weighted by molar-refractivity contribution is 7.98. The van der Waals surface area contributed by atoms with Gasteiger partial charge in [-0.2, -0.15) is 5.10 Å². The van der Waals surface area contributed by atoms with Crippen molar-refractivity contribution in [2.75, 3.05) is 7.11 Å². The third-order valence-corrected chi connectivity index (χ3v) is 3.79. The number of hydrogen-bond donors (Lipinski definition) is 2. The maximum absolute atomic E-state index is 5.40. The topological polar surface area (TPSA) is 72.5 Å². The number of pyridine rings is 1. The van der Waals surface area contributed by atoms with Crippen molar-refractivity contribution in [1.29, 1.82) is 0 Å². The number of aromatic nitrogens is 1. The number of hydrazone groups is 1. The number of methoxy groups -OCH3 is 1. The molecule has 0 atom stereocenters. The summed E-state index contributed by atoms with van der Waals surface area (Å²) >= 11 is 6.34. The zero-order valence-electron chi connectivity index (χ0n) is 12.0. The Balaban J connectivity index is 2.10. The van der Waals surface area contributed by atoms with Crippen LogP contribution in [0.15, 0.2) is 52.7 Å². The summed E-state index contributed by atoms with van der Waals surface area (Å²) in [7, 11) is 1.66. The Hall–Kier alpha value is -2.12. The molecule has 114 valence electrons. The Kier molecular flexibility index (Phi) is 6.17. The fourth-order valence-electron chi connectivity index (χ4n) is 1.75. The summed E-state index contributed by atoms with van der Waals surface area (Å²) in [4.78, 5) is 4.30. The second-order valence-electron chi connectivity index (χ2n) is 4.26. The van der Waals surface area contributed by atoms with Crippen LogP contribution in [-0.4, -0.2) is 23.4 Å². The molecule has 0 amide bonds. The Morgan fingerprint density at radius 3 is 3.00 bits per heavy atom. The first kappa shape index (κ1) is 16.3. The molecule has 7 heteroatoms. The Bertz CT molecular complexity index is 662. The molecule has 0 spiro atoms. The average molecular weight is 332 g/mol. The summed E-state index contributed by atoms with van der Waals surface area (Å²) in [6, 6.07) is 11.7. The van der Waals surface area contributed by atoms with Crippen LogP contribution < -0.4 is 15.9 Å². The molecular formula is C15H16N4OS2. The van der Waals surface area contributed by atoms with E-state index in [4.69, 9.17) is 22.7 Å². The molecule has 0 saturated carbocycles. The summed E-state index contributed by atoms with van der Waals surface area (Å²) < 4.78 is 5.40. The van der Waals surface area contributed by atoms with Gasteiger partial charge in [-0.05, 0) is 48.1 Å². The minimum absolute atomic E-state index is 0.135. The van der Waals surface area contributed by atoms with E-state index in [0.717, 1.165) is 27.7 Å². The Morgan fingerprint density at radius 1 is 1.45 bits per heavy atom. The van der Waals surface area contributed by atoms with Crippen LogP contribution in [0, 0.1) is 0 Å². The standard InChI is InChI=1S/C15H16N4OS2/c1-20-13-6-5-11(9-18-19-15(16)21)8-12(13)10-22-14-4-2-3-7-17-14/h2-9H,10H2,1H3,(H3,16,19,21)/b18-9+. The van der Waals surface area contributed by atoms with Crippen molar-refractivity contribution in [3.05, 3.63) is 53.7 Å². The molecule has 0 aliphatic heterocycles. The zero-order valence-corrected chi connectivity index (χ0v) is 13.7. The number of nitrogens with one attached hydrogen (secondary N) is 1. The molecule has 0 bridgehead atoms. The number of thiocarbonyl (C=S) groups is 1. The van der Waals surface area contributed by atoms with Gasteiger partial charge < -0.3 is 10.5 Å². The first-order valence-corrected chi connectivity index (χ1v) is 7.87. The van der Waals surface area contributed by atoms with Crippen molar-refractivity contribution in [2.24, 2.45) is 10.8 Å². The molecule has 0 saturated heterocycles. The van der Waals surface area contributed by atoms with Crippen molar-refractivity contribution < 1.29 is 4.74 Å². The van der Waals surface area contributed by atoms with Crippen molar-refractivity contribution >= 4 is 35.3 Å². The van der Waals surface area contributed by atoms with Gasteiger partial charge in [0.05, 0.1) is 18.4 Å². The van der Waals surface area contributed by atoms with Crippen LogP contribution >= 0.6 is 24.0 Å². The van der Waals surface area contributed by atoms with Gasteiger partial charge in [-0.25, -0.2) is 4.98 Å². The molecule has 0 aliphatic rings. The van der Waals surface area contributed by atoms with E-state index < -0.39 is 0 Å². The molecule has 1 heterocycles. The number of rotatable bonds is 6. The number of nitrogens with two attached hydrogens (primary N) is 1. The summed E-state index contributed by atoms with van der Waals surface area (Å²) in [5.74, 6) is 1.59. The van der Waals surface area contributed by atoms with Crippen molar-refractivity contribution in [3.63, 3.8) is 0 Å². The molecule has 2 aromatic rings. The van der Waals surface area contributed by atoms with Gasteiger partial charge in [0.1, 0.15) is 5.75 Å². The van der Waals surface area contributed by atoms with Gasteiger partial charge in [0.2, 0.25) is 0 Å². The quantitative estimate of drug-likeness (QED) is 0.367. The molecule has 2 rings (SSSR count). The van der Waals surface area contributed by atoms with Crippen molar-refractivity contribution in [2.45, 2.75) is 10.8 Å². The van der Waals surface area contributed by atoms with Crippen LogP contribution in [-0.2, 0) is 5.75 Å². The van der Waals surface area contributed by atoms with E-state index in [1.807, 2.05) is 36.4 Å². The Labute approximate surface area is 139 Å². The van der Waals surface area contributed by atoms with Gasteiger partial charge in [-0.3, -0.25) is 5.43 Å². The van der Waals surface area contributed by atoms with Gasteiger partial charge in [0.15, 0.2) is 5.11 Å². The highest BCUT2D eigenvalue weighted by Gasteiger charge is 2.05. The molecule has 0 fully saturated rings. The predicted molar refractivity (Wildman–Crippen MR) is 94.3 cm³/mol. The molecule has 0 aliphatic carbocycles. The molecule has 5 nitrogen and oxygen atoms in total. The minimum atomic E-state index is 0.135. The summed E-state index contributed by atoms with van der Waals surface area (Å²) in [6.45, 7) is 0. The third kappa shape index (κ3) is 5.01. The van der Waals surface area contributed by atoms with Crippen molar-refractivity contribution in [3.8, 4) is 5.75 Å². The van der Waals surface area contributed by atoms with Gasteiger partial charge in [0, 0.05) is 17.5 Å². The number of ether oxygens (including phenoxy) is 1. The van der Waals surface area contributed by atoms with Gasteiger partial charge in [0.25, 0.3) is 0 Å². The minimum Gasteiger partial charge on any atom is -0.496 e. The first-order chi connectivity index (χ1) is 10.7. The molecular weight excluding hydrogens is 316 g/mol. The van der Waals surface area contributed by atoms with E-state index in [1.165, 1.54) is 0 Å². The van der Waals surface area contributed by atoms with E-state index in [-0.39, 0.29) is 5.11 Å². The van der Waals surface area contributed by atoms with Crippen LogP contribution in [0.5, 0.6) is 5.75 Å². The lowest BCUT2D eigenvalue weighted by molar-refractivity contribution is 0.411. The van der Waals surface area contributed by atoms with Gasteiger partial charge >= 0.3 is 0 Å². The van der Waals surface area contributed by atoms with E-state index in [2.05, 4.69) is 15.5 Å². The third-order valence-electron chi connectivity index (χ3n) is 2.71. The highest BCUT2D eigenvalue weighted by Crippen LogP contribution is 2.27. The molecule has 3 N–H and O–H groups in total. The lowest BCUT2D eigenvalue weighted by Gasteiger charge is -2.09. The highest BCUT2D eigenvalue weighted by atomic mass is 32.2. The molecule has 1 aromatic heterocycles.